The number of rotatable bonds is 4. The summed E-state index contributed by atoms with van der Waals surface area (Å²) in [5, 5.41) is 3.05. The van der Waals surface area contributed by atoms with E-state index in [9.17, 15) is 9.59 Å². The first-order chi connectivity index (χ1) is 13.0. The SMILES string of the molecule is CN(C)C(=O)N1CCC[C@@H](C(=O)NCc2cccc(-c3ccccc3)c2)C1. The molecule has 3 amide bonds. The Morgan fingerprint density at radius 1 is 1.07 bits per heavy atom. The van der Waals surface area contributed by atoms with E-state index in [0.29, 0.717) is 13.1 Å². The highest BCUT2D eigenvalue weighted by atomic mass is 16.2. The molecule has 1 N–H and O–H groups in total. The highest BCUT2D eigenvalue weighted by molar-refractivity contribution is 5.80. The van der Waals surface area contributed by atoms with Crippen LogP contribution in [-0.4, -0.2) is 48.9 Å². The van der Waals surface area contributed by atoms with Gasteiger partial charge in [-0.05, 0) is 35.6 Å². The summed E-state index contributed by atoms with van der Waals surface area (Å²) in [5.41, 5.74) is 3.38. The molecule has 0 radical (unpaired) electrons. The number of amides is 3. The molecule has 142 valence electrons. The molecule has 1 fully saturated rings. The average molecular weight is 365 g/mol. The molecule has 5 nitrogen and oxygen atoms in total. The van der Waals surface area contributed by atoms with Crippen molar-refractivity contribution < 1.29 is 9.59 Å². The van der Waals surface area contributed by atoms with Gasteiger partial charge < -0.3 is 15.1 Å². The summed E-state index contributed by atoms with van der Waals surface area (Å²) in [6.07, 6.45) is 1.69. The lowest BCUT2D eigenvalue weighted by Crippen LogP contribution is -2.48. The number of carbonyl (C=O) groups excluding carboxylic acids is 2. The number of hydrogen-bond acceptors (Lipinski definition) is 2. The van der Waals surface area contributed by atoms with Crippen molar-refractivity contribution in [1.82, 2.24) is 15.1 Å². The number of piperidine rings is 1. The van der Waals surface area contributed by atoms with Crippen molar-refractivity contribution in [3.63, 3.8) is 0 Å². The lowest BCUT2D eigenvalue weighted by Gasteiger charge is -2.33. The Hall–Kier alpha value is -2.82. The smallest absolute Gasteiger partial charge is 0.319 e. The van der Waals surface area contributed by atoms with Crippen LogP contribution in [0.3, 0.4) is 0 Å². The van der Waals surface area contributed by atoms with Crippen molar-refractivity contribution in [2.24, 2.45) is 5.92 Å². The average Bonchev–Trinajstić information content (AvgIpc) is 2.72. The molecule has 1 heterocycles. The van der Waals surface area contributed by atoms with Gasteiger partial charge in [0, 0.05) is 33.7 Å². The van der Waals surface area contributed by atoms with E-state index in [2.05, 4.69) is 29.6 Å². The largest absolute Gasteiger partial charge is 0.352 e. The Morgan fingerprint density at radius 3 is 2.56 bits per heavy atom. The van der Waals surface area contributed by atoms with Gasteiger partial charge in [-0.25, -0.2) is 4.79 Å². The van der Waals surface area contributed by atoms with E-state index in [1.165, 1.54) is 0 Å². The Kier molecular flexibility index (Phi) is 6.12. The van der Waals surface area contributed by atoms with Crippen LogP contribution in [0.15, 0.2) is 54.6 Å². The summed E-state index contributed by atoms with van der Waals surface area (Å²) in [7, 11) is 3.48. The van der Waals surface area contributed by atoms with Gasteiger partial charge in [0.2, 0.25) is 5.91 Å². The lowest BCUT2D eigenvalue weighted by atomic mass is 9.97. The van der Waals surface area contributed by atoms with Crippen LogP contribution in [0.1, 0.15) is 18.4 Å². The maximum absolute atomic E-state index is 12.6. The molecule has 1 atom stereocenters. The van der Waals surface area contributed by atoms with Crippen molar-refractivity contribution in [2.45, 2.75) is 19.4 Å². The molecular formula is C22H27N3O2. The fourth-order valence-electron chi connectivity index (χ4n) is 3.47. The van der Waals surface area contributed by atoms with Crippen LogP contribution in [-0.2, 0) is 11.3 Å². The van der Waals surface area contributed by atoms with Gasteiger partial charge in [0.05, 0.1) is 5.92 Å². The molecule has 0 aliphatic carbocycles. The number of likely N-dealkylation sites (tertiary alicyclic amines) is 1. The van der Waals surface area contributed by atoms with E-state index in [0.717, 1.165) is 36.1 Å². The summed E-state index contributed by atoms with van der Waals surface area (Å²) in [4.78, 5) is 28.1. The highest BCUT2D eigenvalue weighted by Gasteiger charge is 2.28. The second-order valence-electron chi connectivity index (χ2n) is 7.25. The molecule has 2 aromatic rings. The lowest BCUT2D eigenvalue weighted by molar-refractivity contribution is -0.126. The summed E-state index contributed by atoms with van der Waals surface area (Å²) >= 11 is 0. The topological polar surface area (TPSA) is 52.7 Å². The fraction of sp³-hybridized carbons (Fsp3) is 0.364. The standard InChI is InChI=1S/C22H27N3O2/c1-24(2)22(27)25-13-7-12-20(16-25)21(26)23-15-17-8-6-11-19(14-17)18-9-4-3-5-10-18/h3-6,8-11,14,20H,7,12-13,15-16H2,1-2H3,(H,23,26)/t20-/m1/s1. The van der Waals surface area contributed by atoms with Crippen molar-refractivity contribution in [2.75, 3.05) is 27.2 Å². The Balaban J connectivity index is 1.58. The van der Waals surface area contributed by atoms with Gasteiger partial charge in [-0.15, -0.1) is 0 Å². The second-order valence-corrected chi connectivity index (χ2v) is 7.25. The zero-order valence-corrected chi connectivity index (χ0v) is 16.0. The van der Waals surface area contributed by atoms with Crippen molar-refractivity contribution in [3.8, 4) is 11.1 Å². The zero-order valence-electron chi connectivity index (χ0n) is 16.0. The summed E-state index contributed by atoms with van der Waals surface area (Å²) in [5.74, 6) is -0.115. The minimum Gasteiger partial charge on any atom is -0.352 e. The van der Waals surface area contributed by atoms with Gasteiger partial charge in [-0.2, -0.15) is 0 Å². The summed E-state index contributed by atoms with van der Waals surface area (Å²) < 4.78 is 0. The molecular weight excluding hydrogens is 338 g/mol. The third-order valence-corrected chi connectivity index (χ3v) is 4.95. The van der Waals surface area contributed by atoms with Crippen LogP contribution in [0.4, 0.5) is 4.79 Å². The molecule has 1 aliphatic rings. The molecule has 1 saturated heterocycles. The van der Waals surface area contributed by atoms with Crippen molar-refractivity contribution >= 4 is 11.9 Å². The van der Waals surface area contributed by atoms with E-state index in [-0.39, 0.29) is 17.9 Å². The first-order valence-electron chi connectivity index (χ1n) is 9.43. The Morgan fingerprint density at radius 2 is 1.81 bits per heavy atom. The highest BCUT2D eigenvalue weighted by Crippen LogP contribution is 2.21. The zero-order chi connectivity index (χ0) is 19.2. The van der Waals surface area contributed by atoms with Crippen LogP contribution >= 0.6 is 0 Å². The normalized spacial score (nSPS) is 16.7. The first-order valence-corrected chi connectivity index (χ1v) is 9.43. The van der Waals surface area contributed by atoms with E-state index < -0.39 is 0 Å². The van der Waals surface area contributed by atoms with Gasteiger partial charge in [-0.1, -0.05) is 48.5 Å². The molecule has 2 aromatic carbocycles. The molecule has 27 heavy (non-hydrogen) atoms. The molecule has 5 heteroatoms. The molecule has 1 aliphatic heterocycles. The molecule has 3 rings (SSSR count). The van der Waals surface area contributed by atoms with Crippen molar-refractivity contribution in [1.29, 1.82) is 0 Å². The van der Waals surface area contributed by atoms with E-state index in [4.69, 9.17) is 0 Å². The van der Waals surface area contributed by atoms with Crippen LogP contribution in [0.5, 0.6) is 0 Å². The van der Waals surface area contributed by atoms with E-state index >= 15 is 0 Å². The van der Waals surface area contributed by atoms with Crippen molar-refractivity contribution in [3.05, 3.63) is 60.2 Å². The van der Waals surface area contributed by atoms with E-state index in [1.54, 1.807) is 23.9 Å². The third-order valence-electron chi connectivity index (χ3n) is 4.95. The summed E-state index contributed by atoms with van der Waals surface area (Å²) in [6, 6.07) is 18.4. The summed E-state index contributed by atoms with van der Waals surface area (Å²) in [6.45, 7) is 1.71. The van der Waals surface area contributed by atoms with Crippen LogP contribution in [0, 0.1) is 5.92 Å². The minimum atomic E-state index is -0.139. The number of urea groups is 1. The quantitative estimate of drug-likeness (QED) is 0.903. The second kappa shape index (κ2) is 8.71. The molecule has 0 saturated carbocycles. The number of nitrogens with zero attached hydrogens (tertiary/aromatic N) is 2. The number of hydrogen-bond donors (Lipinski definition) is 1. The van der Waals surface area contributed by atoms with Gasteiger partial charge in [-0.3, -0.25) is 4.79 Å². The predicted octanol–water partition coefficient (Wildman–Crippen LogP) is 3.36. The number of nitrogens with one attached hydrogen (secondary N) is 1. The van der Waals surface area contributed by atoms with Crippen LogP contribution in [0.2, 0.25) is 0 Å². The van der Waals surface area contributed by atoms with Gasteiger partial charge in [0.15, 0.2) is 0 Å². The molecule has 0 unspecified atom stereocenters. The monoisotopic (exact) mass is 365 g/mol. The minimum absolute atomic E-state index is 0.0244. The fourth-order valence-corrected chi connectivity index (χ4v) is 3.47. The number of carbonyl (C=O) groups is 2. The Labute approximate surface area is 161 Å². The maximum atomic E-state index is 12.6. The van der Waals surface area contributed by atoms with Crippen LogP contribution < -0.4 is 5.32 Å². The van der Waals surface area contributed by atoms with Gasteiger partial charge in [0.1, 0.15) is 0 Å². The van der Waals surface area contributed by atoms with Crippen LogP contribution in [0.25, 0.3) is 11.1 Å². The molecule has 0 aromatic heterocycles. The van der Waals surface area contributed by atoms with Gasteiger partial charge in [0.25, 0.3) is 0 Å². The third kappa shape index (κ3) is 4.88. The number of benzene rings is 2. The Bertz CT molecular complexity index is 789. The molecule has 0 spiro atoms. The maximum Gasteiger partial charge on any atom is 0.319 e. The van der Waals surface area contributed by atoms with Gasteiger partial charge >= 0.3 is 6.03 Å². The molecule has 0 bridgehead atoms. The predicted molar refractivity (Wildman–Crippen MR) is 107 cm³/mol. The first kappa shape index (κ1) is 19.0. The van der Waals surface area contributed by atoms with E-state index in [1.807, 2.05) is 30.3 Å².